The second kappa shape index (κ2) is 13.7. The molecule has 0 amide bonds. The van der Waals surface area contributed by atoms with Gasteiger partial charge in [0.05, 0.1) is 26.4 Å². The zero-order valence-electron chi connectivity index (χ0n) is 15.5. The van der Waals surface area contributed by atoms with Crippen molar-refractivity contribution in [2.24, 2.45) is 0 Å². The lowest BCUT2D eigenvalue weighted by atomic mass is 10.1. The topological polar surface area (TPSA) is 105 Å². The van der Waals surface area contributed by atoms with Crippen LogP contribution in [0.2, 0.25) is 0 Å². The molecule has 0 spiro atoms. The molecule has 8 nitrogen and oxygen atoms in total. The molecule has 0 aliphatic carbocycles. The summed E-state index contributed by atoms with van der Waals surface area (Å²) in [6.45, 7) is 3.76. The summed E-state index contributed by atoms with van der Waals surface area (Å²) in [7, 11) is 0. The molecule has 154 valence electrons. The van der Waals surface area contributed by atoms with Crippen LogP contribution in [0.5, 0.6) is 0 Å². The molecule has 0 saturated carbocycles. The van der Waals surface area contributed by atoms with E-state index in [-0.39, 0.29) is 19.8 Å². The molecule has 0 saturated heterocycles. The van der Waals surface area contributed by atoms with Crippen molar-refractivity contribution in [3.8, 4) is 0 Å². The molecule has 0 aliphatic heterocycles. The normalized spacial score (nSPS) is 11.5. The highest BCUT2D eigenvalue weighted by atomic mass is 19.3. The molecule has 0 aromatic heterocycles. The molecular weight excluding hydrogens is 370 g/mol. The first-order chi connectivity index (χ1) is 12.8. The molecule has 0 bridgehead atoms. The molecule has 0 fully saturated rings. The molecule has 10 heteroatoms. The Labute approximate surface area is 155 Å². The van der Waals surface area contributed by atoms with Gasteiger partial charge in [0.1, 0.15) is 0 Å². The Morgan fingerprint density at radius 2 is 1.04 bits per heavy atom. The van der Waals surface area contributed by atoms with Crippen LogP contribution in [-0.2, 0) is 38.1 Å². The molecule has 0 radical (unpaired) electrons. The molecule has 0 heterocycles. The Morgan fingerprint density at radius 1 is 0.667 bits per heavy atom. The van der Waals surface area contributed by atoms with Gasteiger partial charge in [0.2, 0.25) is 6.43 Å². The van der Waals surface area contributed by atoms with Crippen LogP contribution in [0.4, 0.5) is 8.78 Å². The quantitative estimate of drug-likeness (QED) is 0.163. The van der Waals surface area contributed by atoms with Gasteiger partial charge in [-0.1, -0.05) is 13.8 Å². The van der Waals surface area contributed by atoms with Gasteiger partial charge in [0, 0.05) is 6.42 Å². The van der Waals surface area contributed by atoms with Crippen molar-refractivity contribution in [1.29, 1.82) is 0 Å². The van der Waals surface area contributed by atoms with Crippen molar-refractivity contribution in [3.05, 3.63) is 11.1 Å². The van der Waals surface area contributed by atoms with Gasteiger partial charge in [-0.15, -0.1) is 0 Å². The lowest BCUT2D eigenvalue weighted by Crippen LogP contribution is -2.29. The van der Waals surface area contributed by atoms with E-state index in [4.69, 9.17) is 14.2 Å². The SMILES string of the molecule is CCCOC(=O)/C(C(=O)OCC)=C(/C(=O)OCCC)C(=O)OCCC(F)F. The fraction of sp³-hybridized carbons (Fsp3) is 0.647. The number of carbonyl (C=O) groups excluding carboxylic acids is 4. The first kappa shape index (κ1) is 24.5. The molecule has 0 atom stereocenters. The van der Waals surface area contributed by atoms with Crippen LogP contribution >= 0.6 is 0 Å². The highest BCUT2D eigenvalue weighted by Crippen LogP contribution is 2.15. The van der Waals surface area contributed by atoms with Gasteiger partial charge in [-0.3, -0.25) is 0 Å². The van der Waals surface area contributed by atoms with Crippen LogP contribution < -0.4 is 0 Å². The number of halogens is 2. The van der Waals surface area contributed by atoms with Crippen LogP contribution in [0.15, 0.2) is 11.1 Å². The molecule has 0 aromatic rings. The van der Waals surface area contributed by atoms with E-state index in [1.165, 1.54) is 6.92 Å². The summed E-state index contributed by atoms with van der Waals surface area (Å²) in [6, 6.07) is 0. The maximum absolute atomic E-state index is 12.2. The first-order valence-corrected chi connectivity index (χ1v) is 8.50. The van der Waals surface area contributed by atoms with Crippen molar-refractivity contribution in [3.63, 3.8) is 0 Å². The van der Waals surface area contributed by atoms with E-state index in [1.54, 1.807) is 13.8 Å². The van der Waals surface area contributed by atoms with E-state index in [2.05, 4.69) is 4.74 Å². The second-order valence-corrected chi connectivity index (χ2v) is 5.06. The van der Waals surface area contributed by atoms with E-state index in [1.807, 2.05) is 0 Å². The lowest BCUT2D eigenvalue weighted by Gasteiger charge is -2.13. The number of hydrogen-bond acceptors (Lipinski definition) is 8. The van der Waals surface area contributed by atoms with Gasteiger partial charge >= 0.3 is 23.9 Å². The highest BCUT2D eigenvalue weighted by molar-refractivity contribution is 6.27. The van der Waals surface area contributed by atoms with Gasteiger partial charge in [-0.25, -0.2) is 28.0 Å². The minimum atomic E-state index is -2.74. The summed E-state index contributed by atoms with van der Waals surface area (Å²) in [4.78, 5) is 48.8. The van der Waals surface area contributed by atoms with Crippen molar-refractivity contribution in [2.75, 3.05) is 26.4 Å². The third-order valence-electron chi connectivity index (χ3n) is 2.79. The summed E-state index contributed by atoms with van der Waals surface area (Å²) in [5, 5.41) is 0. The zero-order valence-corrected chi connectivity index (χ0v) is 15.5. The predicted octanol–water partition coefficient (Wildman–Crippen LogP) is 1.95. The number of ether oxygens (including phenoxy) is 4. The maximum atomic E-state index is 12.2. The molecule has 0 N–H and O–H groups in total. The summed E-state index contributed by atoms with van der Waals surface area (Å²) in [5.74, 6) is -5.32. The zero-order chi connectivity index (χ0) is 20.8. The van der Waals surface area contributed by atoms with Crippen molar-refractivity contribution >= 4 is 23.9 Å². The van der Waals surface area contributed by atoms with Crippen LogP contribution in [0.3, 0.4) is 0 Å². The number of alkyl halides is 2. The lowest BCUT2D eigenvalue weighted by molar-refractivity contribution is -0.153. The largest absolute Gasteiger partial charge is 0.462 e. The van der Waals surface area contributed by atoms with Gasteiger partial charge in [0.15, 0.2) is 11.1 Å². The van der Waals surface area contributed by atoms with Crippen LogP contribution in [-0.4, -0.2) is 56.7 Å². The highest BCUT2D eigenvalue weighted by Gasteiger charge is 2.36. The predicted molar refractivity (Wildman–Crippen MR) is 87.7 cm³/mol. The van der Waals surface area contributed by atoms with Crippen molar-refractivity contribution < 1.29 is 46.9 Å². The molecule has 0 aromatic carbocycles. The van der Waals surface area contributed by atoms with Gasteiger partial charge in [0.25, 0.3) is 0 Å². The Morgan fingerprint density at radius 3 is 1.37 bits per heavy atom. The van der Waals surface area contributed by atoms with Gasteiger partial charge in [-0.05, 0) is 19.8 Å². The van der Waals surface area contributed by atoms with Crippen LogP contribution in [0.1, 0.15) is 40.0 Å². The van der Waals surface area contributed by atoms with Crippen molar-refractivity contribution in [1.82, 2.24) is 0 Å². The Balaban J connectivity index is 5.93. The van der Waals surface area contributed by atoms with E-state index >= 15 is 0 Å². The van der Waals surface area contributed by atoms with Gasteiger partial charge in [-0.2, -0.15) is 0 Å². The molecule has 0 rings (SSSR count). The van der Waals surface area contributed by atoms with E-state index in [0.29, 0.717) is 12.8 Å². The van der Waals surface area contributed by atoms with Gasteiger partial charge < -0.3 is 18.9 Å². The summed E-state index contributed by atoms with van der Waals surface area (Å²) >= 11 is 0. The maximum Gasteiger partial charge on any atom is 0.346 e. The minimum Gasteiger partial charge on any atom is -0.462 e. The fourth-order valence-corrected chi connectivity index (χ4v) is 1.62. The number of rotatable bonds is 12. The fourth-order valence-electron chi connectivity index (χ4n) is 1.62. The number of esters is 4. The van der Waals surface area contributed by atoms with E-state index < -0.39 is 54.5 Å². The second-order valence-electron chi connectivity index (χ2n) is 5.06. The third kappa shape index (κ3) is 9.11. The van der Waals surface area contributed by atoms with Crippen molar-refractivity contribution in [2.45, 2.75) is 46.5 Å². The summed E-state index contributed by atoms with van der Waals surface area (Å²) in [5.41, 5.74) is -2.04. The Kier molecular flexibility index (Phi) is 12.4. The summed E-state index contributed by atoms with van der Waals surface area (Å²) < 4.78 is 43.4. The molecule has 27 heavy (non-hydrogen) atoms. The smallest absolute Gasteiger partial charge is 0.346 e. The standard InChI is InChI=1S/C17H24F2O8/c1-4-8-25-15(21)12(14(20)24-6-3)13(16(22)26-9-5-2)17(23)27-10-7-11(18)19/h11H,4-10H2,1-3H3/b13-12-. The summed E-state index contributed by atoms with van der Waals surface area (Å²) in [6.07, 6.45) is -2.71. The Hall–Kier alpha value is -2.52. The minimum absolute atomic E-state index is 0.0839. The van der Waals surface area contributed by atoms with Crippen LogP contribution in [0.25, 0.3) is 0 Å². The number of carbonyl (C=O) groups is 4. The Bertz CT molecular complexity index is 557. The molecule has 0 unspecified atom stereocenters. The van der Waals surface area contributed by atoms with E-state index in [0.717, 1.165) is 0 Å². The monoisotopic (exact) mass is 394 g/mol. The average Bonchev–Trinajstić information content (AvgIpc) is 2.61. The molecular formula is C17H24F2O8. The van der Waals surface area contributed by atoms with Crippen LogP contribution in [0, 0.1) is 0 Å². The third-order valence-corrected chi connectivity index (χ3v) is 2.79. The molecule has 0 aliphatic rings. The van der Waals surface area contributed by atoms with E-state index in [9.17, 15) is 28.0 Å². The first-order valence-electron chi connectivity index (χ1n) is 8.50. The number of hydrogen-bond donors (Lipinski definition) is 0. The average molecular weight is 394 g/mol.